The second-order valence-electron chi connectivity index (χ2n) is 6.14. The van der Waals surface area contributed by atoms with Crippen LogP contribution in [0.3, 0.4) is 0 Å². The van der Waals surface area contributed by atoms with E-state index in [1.165, 1.54) is 11.1 Å². The lowest BCUT2D eigenvalue weighted by Gasteiger charge is -2.25. The Balaban J connectivity index is 1.99. The molecule has 3 heteroatoms. The summed E-state index contributed by atoms with van der Waals surface area (Å²) in [6.45, 7) is 5.61. The van der Waals surface area contributed by atoms with E-state index in [2.05, 4.69) is 43.0 Å². The van der Waals surface area contributed by atoms with Gasteiger partial charge in [0.25, 0.3) is 0 Å². The van der Waals surface area contributed by atoms with Crippen LogP contribution in [0.25, 0.3) is 0 Å². The minimum absolute atomic E-state index is 0.273. The molecule has 1 saturated carbocycles. The Morgan fingerprint density at radius 2 is 1.86 bits per heavy atom. The SMILES string of the molecule is CCc1ccc(CN(C(=O)CC(CC)CN)C2CC2)cc1. The third kappa shape index (κ3) is 4.57. The number of hydrogen-bond donors (Lipinski definition) is 1. The average molecular weight is 288 g/mol. The van der Waals surface area contributed by atoms with Crippen molar-refractivity contribution in [3.8, 4) is 0 Å². The Kier molecular flexibility index (Phi) is 5.80. The highest BCUT2D eigenvalue weighted by atomic mass is 16.2. The number of carbonyl (C=O) groups is 1. The highest BCUT2D eigenvalue weighted by molar-refractivity contribution is 5.77. The van der Waals surface area contributed by atoms with E-state index >= 15 is 0 Å². The van der Waals surface area contributed by atoms with Gasteiger partial charge in [-0.1, -0.05) is 44.5 Å². The van der Waals surface area contributed by atoms with Gasteiger partial charge >= 0.3 is 0 Å². The zero-order valence-electron chi connectivity index (χ0n) is 13.3. The largest absolute Gasteiger partial charge is 0.335 e. The van der Waals surface area contributed by atoms with Crippen molar-refractivity contribution in [2.75, 3.05) is 6.54 Å². The number of carbonyl (C=O) groups excluding carboxylic acids is 1. The molecule has 21 heavy (non-hydrogen) atoms. The normalized spacial score (nSPS) is 15.8. The predicted molar refractivity (Wildman–Crippen MR) is 86.8 cm³/mol. The molecule has 0 saturated heterocycles. The van der Waals surface area contributed by atoms with E-state index < -0.39 is 0 Å². The molecule has 116 valence electrons. The van der Waals surface area contributed by atoms with Crippen LogP contribution >= 0.6 is 0 Å². The van der Waals surface area contributed by atoms with Crippen molar-refractivity contribution in [2.45, 2.75) is 58.5 Å². The molecule has 1 atom stereocenters. The third-order valence-corrected chi connectivity index (χ3v) is 4.47. The molecule has 2 rings (SSSR count). The van der Waals surface area contributed by atoms with Gasteiger partial charge in [-0.3, -0.25) is 4.79 Å². The highest BCUT2D eigenvalue weighted by Crippen LogP contribution is 2.29. The second-order valence-corrected chi connectivity index (χ2v) is 6.14. The van der Waals surface area contributed by atoms with E-state index in [0.717, 1.165) is 32.2 Å². The summed E-state index contributed by atoms with van der Waals surface area (Å²) >= 11 is 0. The maximum atomic E-state index is 12.6. The van der Waals surface area contributed by atoms with E-state index in [9.17, 15) is 4.79 Å². The number of amides is 1. The van der Waals surface area contributed by atoms with Crippen molar-refractivity contribution in [3.05, 3.63) is 35.4 Å². The predicted octanol–water partition coefficient (Wildman–Crippen LogP) is 3.12. The molecule has 0 spiro atoms. The lowest BCUT2D eigenvalue weighted by atomic mass is 10.0. The van der Waals surface area contributed by atoms with Gasteiger partial charge in [-0.05, 0) is 42.9 Å². The molecule has 1 amide bonds. The van der Waals surface area contributed by atoms with Crippen LogP contribution < -0.4 is 5.73 Å². The molecule has 0 radical (unpaired) electrons. The lowest BCUT2D eigenvalue weighted by Crippen LogP contribution is -2.34. The van der Waals surface area contributed by atoms with Crippen molar-refractivity contribution in [1.82, 2.24) is 4.90 Å². The molecule has 0 aromatic heterocycles. The number of benzene rings is 1. The van der Waals surface area contributed by atoms with Crippen LogP contribution in [0, 0.1) is 5.92 Å². The molecule has 1 aliphatic carbocycles. The van der Waals surface area contributed by atoms with E-state index in [1.54, 1.807) is 0 Å². The van der Waals surface area contributed by atoms with Crippen LogP contribution in [0.5, 0.6) is 0 Å². The minimum Gasteiger partial charge on any atom is -0.335 e. The summed E-state index contributed by atoms with van der Waals surface area (Å²) in [5, 5.41) is 0. The Morgan fingerprint density at radius 3 is 2.33 bits per heavy atom. The molecule has 1 fully saturated rings. The first-order valence-corrected chi connectivity index (χ1v) is 8.25. The van der Waals surface area contributed by atoms with Gasteiger partial charge in [0.1, 0.15) is 0 Å². The Hall–Kier alpha value is -1.35. The monoisotopic (exact) mass is 288 g/mol. The van der Waals surface area contributed by atoms with Gasteiger partial charge in [0.05, 0.1) is 0 Å². The van der Waals surface area contributed by atoms with Crippen LogP contribution in [-0.2, 0) is 17.8 Å². The molecule has 1 aliphatic rings. The van der Waals surface area contributed by atoms with Crippen LogP contribution in [0.1, 0.15) is 50.7 Å². The quantitative estimate of drug-likeness (QED) is 0.799. The smallest absolute Gasteiger partial charge is 0.223 e. The van der Waals surface area contributed by atoms with Gasteiger partial charge in [-0.15, -0.1) is 0 Å². The van der Waals surface area contributed by atoms with Crippen molar-refractivity contribution in [3.63, 3.8) is 0 Å². The Morgan fingerprint density at radius 1 is 1.24 bits per heavy atom. The van der Waals surface area contributed by atoms with Crippen LogP contribution in [-0.4, -0.2) is 23.4 Å². The molecular formula is C18H28N2O. The van der Waals surface area contributed by atoms with E-state index in [4.69, 9.17) is 5.73 Å². The first-order valence-electron chi connectivity index (χ1n) is 8.25. The van der Waals surface area contributed by atoms with E-state index in [0.29, 0.717) is 24.9 Å². The van der Waals surface area contributed by atoms with E-state index in [-0.39, 0.29) is 5.91 Å². The van der Waals surface area contributed by atoms with Crippen molar-refractivity contribution >= 4 is 5.91 Å². The van der Waals surface area contributed by atoms with Crippen molar-refractivity contribution in [1.29, 1.82) is 0 Å². The zero-order valence-corrected chi connectivity index (χ0v) is 13.3. The van der Waals surface area contributed by atoms with E-state index in [1.807, 2.05) is 0 Å². The number of hydrogen-bond acceptors (Lipinski definition) is 2. The average Bonchev–Trinajstić information content (AvgIpc) is 3.35. The Bertz CT molecular complexity index is 447. The van der Waals surface area contributed by atoms with Crippen LogP contribution in [0.15, 0.2) is 24.3 Å². The molecular weight excluding hydrogens is 260 g/mol. The first-order chi connectivity index (χ1) is 10.2. The molecule has 1 aromatic rings. The lowest BCUT2D eigenvalue weighted by molar-refractivity contribution is -0.133. The fourth-order valence-electron chi connectivity index (χ4n) is 2.64. The highest BCUT2D eigenvalue weighted by Gasteiger charge is 2.32. The number of nitrogens with two attached hydrogens (primary N) is 1. The first kappa shape index (κ1) is 16.0. The van der Waals surface area contributed by atoms with Crippen molar-refractivity contribution < 1.29 is 4.79 Å². The number of rotatable bonds is 8. The Labute approximate surface area is 128 Å². The van der Waals surface area contributed by atoms with Gasteiger partial charge in [-0.25, -0.2) is 0 Å². The molecule has 2 N–H and O–H groups in total. The summed E-state index contributed by atoms with van der Waals surface area (Å²) in [6, 6.07) is 9.10. The topological polar surface area (TPSA) is 46.3 Å². The zero-order chi connectivity index (χ0) is 15.2. The fraction of sp³-hybridized carbons (Fsp3) is 0.611. The summed E-state index contributed by atoms with van der Waals surface area (Å²) in [5.74, 6) is 0.593. The summed E-state index contributed by atoms with van der Waals surface area (Å²) in [5.41, 5.74) is 8.31. The van der Waals surface area contributed by atoms with Gasteiger partial charge in [-0.2, -0.15) is 0 Å². The standard InChI is InChI=1S/C18H28N2O/c1-3-14-5-7-16(8-6-14)13-20(17-9-10-17)18(21)11-15(4-2)12-19/h5-8,15,17H,3-4,9-13,19H2,1-2H3. The molecule has 0 bridgehead atoms. The van der Waals surface area contributed by atoms with Gasteiger partial charge in [0, 0.05) is 19.0 Å². The summed E-state index contributed by atoms with van der Waals surface area (Å²) in [6.07, 6.45) is 4.93. The summed E-state index contributed by atoms with van der Waals surface area (Å²) in [7, 11) is 0. The molecule has 3 nitrogen and oxygen atoms in total. The maximum Gasteiger partial charge on any atom is 0.223 e. The van der Waals surface area contributed by atoms with Crippen molar-refractivity contribution in [2.24, 2.45) is 11.7 Å². The number of nitrogens with zero attached hydrogens (tertiary/aromatic N) is 1. The van der Waals surface area contributed by atoms with Crippen LogP contribution in [0.4, 0.5) is 0 Å². The minimum atomic E-state index is 0.273. The second kappa shape index (κ2) is 7.60. The molecule has 0 heterocycles. The summed E-state index contributed by atoms with van der Waals surface area (Å²) < 4.78 is 0. The maximum absolute atomic E-state index is 12.6. The number of aryl methyl sites for hydroxylation is 1. The third-order valence-electron chi connectivity index (χ3n) is 4.47. The van der Waals surface area contributed by atoms with Gasteiger partial charge in [0.15, 0.2) is 0 Å². The molecule has 0 aliphatic heterocycles. The summed E-state index contributed by atoms with van der Waals surface area (Å²) in [4.78, 5) is 14.6. The fourth-order valence-corrected chi connectivity index (χ4v) is 2.64. The van der Waals surface area contributed by atoms with Gasteiger partial charge in [0.2, 0.25) is 5.91 Å². The molecule has 1 unspecified atom stereocenters. The van der Waals surface area contributed by atoms with Gasteiger partial charge < -0.3 is 10.6 Å². The van der Waals surface area contributed by atoms with Crippen LogP contribution in [0.2, 0.25) is 0 Å². The molecule has 1 aromatic carbocycles.